The Morgan fingerprint density at radius 2 is 1.75 bits per heavy atom. The fourth-order valence-corrected chi connectivity index (χ4v) is 3.56. The summed E-state index contributed by atoms with van der Waals surface area (Å²) in [7, 11) is 0. The number of aromatic nitrogens is 1. The fourth-order valence-electron chi connectivity index (χ4n) is 3.33. The van der Waals surface area contributed by atoms with E-state index in [9.17, 15) is 0 Å². The molecule has 0 spiro atoms. The third-order valence-corrected chi connectivity index (χ3v) is 5.51. The zero-order chi connectivity index (χ0) is 14.7. The van der Waals surface area contributed by atoms with Crippen LogP contribution in [-0.4, -0.2) is 5.16 Å². The van der Waals surface area contributed by atoms with Crippen LogP contribution in [0.2, 0.25) is 5.02 Å². The predicted octanol–water partition coefficient (Wildman–Crippen LogP) is 4.73. The number of nitrogen functional groups attached to an aromatic ring is 1. The molecule has 3 rings (SSSR count). The topological polar surface area (TPSA) is 52.0 Å². The molecule has 0 unspecified atom stereocenters. The van der Waals surface area contributed by atoms with Crippen molar-refractivity contribution in [3.8, 4) is 11.1 Å². The summed E-state index contributed by atoms with van der Waals surface area (Å²) in [5.74, 6) is 0.661. The van der Waals surface area contributed by atoms with Crippen molar-refractivity contribution < 1.29 is 4.52 Å². The van der Waals surface area contributed by atoms with E-state index in [0.29, 0.717) is 16.8 Å². The maximum absolute atomic E-state index is 6.30. The van der Waals surface area contributed by atoms with Crippen LogP contribution in [0.4, 0.5) is 5.88 Å². The van der Waals surface area contributed by atoms with Crippen molar-refractivity contribution in [1.82, 2.24) is 5.16 Å². The number of halogens is 1. The lowest BCUT2D eigenvalue weighted by Gasteiger charge is -2.05. The summed E-state index contributed by atoms with van der Waals surface area (Å²) in [6.07, 6.45) is 0. The predicted molar refractivity (Wildman–Crippen MR) is 81.7 cm³/mol. The molecule has 1 aliphatic rings. The van der Waals surface area contributed by atoms with Gasteiger partial charge >= 0.3 is 0 Å². The highest BCUT2D eigenvalue weighted by Gasteiger charge is 2.67. The van der Waals surface area contributed by atoms with Crippen LogP contribution in [0.3, 0.4) is 0 Å². The van der Waals surface area contributed by atoms with Gasteiger partial charge in [0.1, 0.15) is 0 Å². The van der Waals surface area contributed by atoms with Crippen molar-refractivity contribution >= 4 is 17.5 Å². The molecule has 0 saturated heterocycles. The van der Waals surface area contributed by atoms with Crippen LogP contribution in [0.1, 0.15) is 39.3 Å². The van der Waals surface area contributed by atoms with Crippen LogP contribution < -0.4 is 5.73 Å². The minimum absolute atomic E-state index is 0.173. The summed E-state index contributed by atoms with van der Waals surface area (Å²) in [4.78, 5) is 0. The average Bonchev–Trinajstić information content (AvgIpc) is 2.65. The molecule has 1 heterocycles. The Morgan fingerprint density at radius 3 is 2.30 bits per heavy atom. The second-order valence-electron chi connectivity index (χ2n) is 6.66. The number of hydrogen-bond acceptors (Lipinski definition) is 3. The maximum Gasteiger partial charge on any atom is 0.230 e. The minimum atomic E-state index is 0.173. The first-order valence-corrected chi connectivity index (χ1v) is 7.16. The first kappa shape index (κ1) is 13.5. The fraction of sp³-hybridized carbons (Fsp3) is 0.438. The lowest BCUT2D eigenvalue weighted by Crippen LogP contribution is -1.95. The SMILES string of the molecule is CC1(C)C(c2noc(N)c2-c2ccccc2Cl)C1(C)C. The molecule has 1 fully saturated rings. The molecule has 2 aromatic rings. The van der Waals surface area contributed by atoms with Crippen molar-refractivity contribution in [3.05, 3.63) is 35.0 Å². The Kier molecular flexibility index (Phi) is 2.71. The Bertz CT molecular complexity index is 659. The zero-order valence-corrected chi connectivity index (χ0v) is 13.0. The molecule has 106 valence electrons. The molecular formula is C16H19ClN2O. The van der Waals surface area contributed by atoms with E-state index in [1.165, 1.54) is 0 Å². The van der Waals surface area contributed by atoms with Gasteiger partial charge in [-0.1, -0.05) is 62.7 Å². The third-order valence-electron chi connectivity index (χ3n) is 5.18. The van der Waals surface area contributed by atoms with Gasteiger partial charge in [0, 0.05) is 16.5 Å². The lowest BCUT2D eigenvalue weighted by atomic mass is 9.99. The average molecular weight is 291 g/mol. The number of rotatable bonds is 2. The van der Waals surface area contributed by atoms with Gasteiger partial charge in [-0.15, -0.1) is 0 Å². The zero-order valence-electron chi connectivity index (χ0n) is 12.2. The minimum Gasteiger partial charge on any atom is -0.367 e. The summed E-state index contributed by atoms with van der Waals surface area (Å²) >= 11 is 6.30. The number of benzene rings is 1. The number of nitrogens with two attached hydrogens (primary N) is 1. The van der Waals surface area contributed by atoms with E-state index < -0.39 is 0 Å². The van der Waals surface area contributed by atoms with Gasteiger partial charge in [0.25, 0.3) is 0 Å². The Hall–Kier alpha value is -1.48. The van der Waals surface area contributed by atoms with E-state index >= 15 is 0 Å². The van der Waals surface area contributed by atoms with E-state index in [1.807, 2.05) is 24.3 Å². The summed E-state index contributed by atoms with van der Waals surface area (Å²) in [6, 6.07) is 7.66. The van der Waals surface area contributed by atoms with Gasteiger partial charge in [-0.2, -0.15) is 0 Å². The molecule has 0 atom stereocenters. The van der Waals surface area contributed by atoms with E-state index in [2.05, 4.69) is 32.9 Å². The molecule has 1 aromatic heterocycles. The highest BCUT2D eigenvalue weighted by molar-refractivity contribution is 6.33. The third kappa shape index (κ3) is 1.62. The number of hydrogen-bond donors (Lipinski definition) is 1. The lowest BCUT2D eigenvalue weighted by molar-refractivity contribution is 0.423. The smallest absolute Gasteiger partial charge is 0.230 e. The molecule has 0 amide bonds. The Balaban J connectivity index is 2.16. The normalized spacial score (nSPS) is 20.1. The van der Waals surface area contributed by atoms with E-state index in [4.69, 9.17) is 21.9 Å². The molecule has 1 aliphatic carbocycles. The summed E-state index contributed by atoms with van der Waals surface area (Å²) in [5.41, 5.74) is 9.00. The van der Waals surface area contributed by atoms with Crippen molar-refractivity contribution in [2.45, 2.75) is 33.6 Å². The van der Waals surface area contributed by atoms with E-state index in [0.717, 1.165) is 16.8 Å². The first-order valence-electron chi connectivity index (χ1n) is 6.78. The van der Waals surface area contributed by atoms with E-state index in [-0.39, 0.29) is 10.8 Å². The Morgan fingerprint density at radius 1 is 1.15 bits per heavy atom. The second-order valence-corrected chi connectivity index (χ2v) is 7.07. The highest BCUT2D eigenvalue weighted by atomic mass is 35.5. The molecule has 0 aliphatic heterocycles. The van der Waals surface area contributed by atoms with Gasteiger partial charge in [-0.05, 0) is 16.9 Å². The Labute approximate surface area is 124 Å². The quantitative estimate of drug-likeness (QED) is 0.870. The van der Waals surface area contributed by atoms with Crippen LogP contribution in [0.5, 0.6) is 0 Å². The first-order chi connectivity index (χ1) is 9.28. The van der Waals surface area contributed by atoms with Gasteiger partial charge in [0.05, 0.1) is 11.3 Å². The van der Waals surface area contributed by atoms with Crippen molar-refractivity contribution in [3.63, 3.8) is 0 Å². The van der Waals surface area contributed by atoms with Crippen LogP contribution >= 0.6 is 11.6 Å². The molecule has 2 N–H and O–H groups in total. The van der Waals surface area contributed by atoms with Crippen LogP contribution in [0, 0.1) is 10.8 Å². The van der Waals surface area contributed by atoms with Crippen LogP contribution in [0.15, 0.2) is 28.8 Å². The van der Waals surface area contributed by atoms with E-state index in [1.54, 1.807) is 0 Å². The molecular weight excluding hydrogens is 272 g/mol. The second kappa shape index (κ2) is 4.01. The molecule has 3 nitrogen and oxygen atoms in total. The molecule has 20 heavy (non-hydrogen) atoms. The highest BCUT2D eigenvalue weighted by Crippen LogP contribution is 2.74. The van der Waals surface area contributed by atoms with Gasteiger partial charge in [0.15, 0.2) is 0 Å². The summed E-state index contributed by atoms with van der Waals surface area (Å²) < 4.78 is 5.26. The standard InChI is InChI=1S/C16H19ClN2O/c1-15(2)13(16(15,3)4)12-11(14(18)20-19-12)9-7-5-6-8-10(9)17/h5-8,13H,18H2,1-4H3. The summed E-state index contributed by atoms with van der Waals surface area (Å²) in [6.45, 7) is 9.00. The monoisotopic (exact) mass is 290 g/mol. The summed E-state index contributed by atoms with van der Waals surface area (Å²) in [5, 5.41) is 4.89. The van der Waals surface area contributed by atoms with Gasteiger partial charge < -0.3 is 10.3 Å². The largest absolute Gasteiger partial charge is 0.367 e. The number of nitrogens with zero attached hydrogens (tertiary/aromatic N) is 1. The maximum atomic E-state index is 6.30. The molecule has 1 aromatic carbocycles. The molecule has 4 heteroatoms. The van der Waals surface area contributed by atoms with Crippen LogP contribution in [0.25, 0.3) is 11.1 Å². The molecule has 1 saturated carbocycles. The van der Waals surface area contributed by atoms with Gasteiger partial charge in [0.2, 0.25) is 5.88 Å². The molecule has 0 radical (unpaired) electrons. The van der Waals surface area contributed by atoms with Crippen molar-refractivity contribution in [1.29, 1.82) is 0 Å². The van der Waals surface area contributed by atoms with Gasteiger partial charge in [-0.25, -0.2) is 0 Å². The van der Waals surface area contributed by atoms with Gasteiger partial charge in [-0.3, -0.25) is 0 Å². The molecule has 0 bridgehead atoms. The van der Waals surface area contributed by atoms with Crippen molar-refractivity contribution in [2.24, 2.45) is 10.8 Å². The number of anilines is 1. The van der Waals surface area contributed by atoms with Crippen molar-refractivity contribution in [2.75, 3.05) is 5.73 Å². The van der Waals surface area contributed by atoms with Crippen LogP contribution in [-0.2, 0) is 0 Å².